The van der Waals surface area contributed by atoms with Crippen LogP contribution >= 0.6 is 22.7 Å². The molecule has 0 saturated heterocycles. The zero-order valence-corrected chi connectivity index (χ0v) is 5.18. The maximum Gasteiger partial charge on any atom is 0.173 e. The molecule has 0 aromatic heterocycles. The van der Waals surface area contributed by atoms with Gasteiger partial charge < -0.3 is 0 Å². The summed E-state index contributed by atoms with van der Waals surface area (Å²) < 4.78 is 0. The first-order valence-electron chi connectivity index (χ1n) is 1.31. The van der Waals surface area contributed by atoms with Crippen LogP contribution in [0.1, 0.15) is 0 Å². The Bertz CT molecular complexity index is 15.1. The van der Waals surface area contributed by atoms with E-state index in [4.69, 9.17) is 22.7 Å². The molecule has 0 unspecified atom stereocenters. The lowest BCUT2D eigenvalue weighted by atomic mass is 11.0. The lowest BCUT2D eigenvalue weighted by molar-refractivity contribution is 1.48. The normalized spacial score (nSPS) is 8.40. The summed E-state index contributed by atoms with van der Waals surface area (Å²) in [6.07, 6.45) is 0. The van der Waals surface area contributed by atoms with Crippen LogP contribution in [0.25, 0.3) is 0 Å². The van der Waals surface area contributed by atoms with Gasteiger partial charge in [-0.25, -0.2) is 0 Å². The first kappa shape index (κ1) is 5.80. The van der Waals surface area contributed by atoms with Crippen LogP contribution in [0.3, 0.4) is 0 Å². The highest BCUT2D eigenvalue weighted by molar-refractivity contribution is 6.93. The first-order valence-corrected chi connectivity index (χ1v) is 4.06. The summed E-state index contributed by atoms with van der Waals surface area (Å²) in [7, 11) is 0.498. The molecule has 0 rings (SSSR count). The zero-order chi connectivity index (χ0) is 4.12. The second-order valence-corrected chi connectivity index (χ2v) is 2.52. The maximum absolute atomic E-state index is 5.24. The van der Waals surface area contributed by atoms with Crippen LogP contribution < -0.4 is 0 Å². The summed E-state index contributed by atoms with van der Waals surface area (Å²) in [5.74, 6) is 0.696. The van der Waals surface area contributed by atoms with Crippen molar-refractivity contribution in [3.63, 3.8) is 0 Å². The molecule has 2 radical (unpaired) electrons. The minimum atomic E-state index is 0.498. The minimum absolute atomic E-state index is 0.498. The Hall–Kier alpha value is 0.797. The van der Waals surface area contributed by atoms with Crippen LogP contribution in [-0.2, 0) is 0 Å². The van der Waals surface area contributed by atoms with Crippen molar-refractivity contribution in [2.24, 2.45) is 0 Å². The number of hydrogen-bond acceptors (Lipinski definition) is 0. The van der Waals surface area contributed by atoms with Crippen molar-refractivity contribution in [3.8, 4) is 0 Å². The van der Waals surface area contributed by atoms with Crippen molar-refractivity contribution >= 4 is 31.5 Å². The topological polar surface area (TPSA) is 0 Å². The van der Waals surface area contributed by atoms with Crippen LogP contribution in [0.5, 0.6) is 0 Å². The molecule has 0 bridgehead atoms. The third kappa shape index (κ3) is 4.80. The van der Waals surface area contributed by atoms with Gasteiger partial charge in [-0.05, 0) is 6.04 Å². The Morgan fingerprint density at radius 2 is 2.20 bits per heavy atom. The van der Waals surface area contributed by atoms with Crippen LogP contribution in [-0.4, -0.2) is 14.7 Å². The Balaban J connectivity index is 2.19. The molecule has 0 spiro atoms. The minimum Gasteiger partial charge on any atom is -0.171 e. The number of alkyl halides is 1. The molecule has 0 aromatic rings. The molecule has 30 valence electrons. The summed E-state index contributed by atoms with van der Waals surface area (Å²) >= 11 is 10.5. The average Bonchev–Trinajstić information content (AvgIpc) is 1.41. The summed E-state index contributed by atoms with van der Waals surface area (Å²) in [5, 5.41) is 0. The predicted molar refractivity (Wildman–Crippen MR) is 27.1 cm³/mol. The van der Waals surface area contributed by atoms with Gasteiger partial charge in [0.05, 0.1) is 0 Å². The lowest BCUT2D eigenvalue weighted by Crippen LogP contribution is -1.74. The van der Waals surface area contributed by atoms with Gasteiger partial charge in [0.1, 0.15) is 0 Å². The van der Waals surface area contributed by atoms with E-state index in [1.54, 1.807) is 0 Å². The fourth-order valence-electron chi connectivity index (χ4n) is 0.0357. The summed E-state index contributed by atoms with van der Waals surface area (Å²) in [6, 6.07) is 0.948. The van der Waals surface area contributed by atoms with E-state index in [2.05, 4.69) is 0 Å². The second-order valence-electron chi connectivity index (χ2n) is 0.573. The van der Waals surface area contributed by atoms with Gasteiger partial charge in [0.25, 0.3) is 0 Å². The summed E-state index contributed by atoms with van der Waals surface area (Å²) in [5.41, 5.74) is 0. The zero-order valence-electron chi connectivity index (χ0n) is 2.67. The molecule has 0 aromatic carbocycles. The van der Waals surface area contributed by atoms with E-state index >= 15 is 0 Å². The molecular formula is C2H4Cl2Si. The molecule has 5 heavy (non-hydrogen) atoms. The highest BCUT2D eigenvalue weighted by Gasteiger charge is 1.75. The van der Waals surface area contributed by atoms with E-state index in [0.29, 0.717) is 14.7 Å². The van der Waals surface area contributed by atoms with E-state index in [1.807, 2.05) is 0 Å². The highest BCUT2D eigenvalue weighted by atomic mass is 35.6. The predicted octanol–water partition coefficient (Wildman–Crippen LogP) is 1.50. The van der Waals surface area contributed by atoms with Crippen LogP contribution in [0, 0.1) is 0 Å². The van der Waals surface area contributed by atoms with Crippen molar-refractivity contribution in [3.05, 3.63) is 0 Å². The van der Waals surface area contributed by atoms with Gasteiger partial charge in [-0.1, -0.05) is 0 Å². The second kappa shape index (κ2) is 4.80. The molecule has 0 fully saturated rings. The SMILES string of the molecule is ClCC[Si]Cl. The lowest BCUT2D eigenvalue weighted by Gasteiger charge is -1.72. The van der Waals surface area contributed by atoms with E-state index in [1.165, 1.54) is 0 Å². The number of hydrogen-bond donors (Lipinski definition) is 0. The van der Waals surface area contributed by atoms with Gasteiger partial charge in [0, 0.05) is 5.88 Å². The Morgan fingerprint density at radius 3 is 2.20 bits per heavy atom. The van der Waals surface area contributed by atoms with Crippen LogP contribution in [0.2, 0.25) is 6.04 Å². The van der Waals surface area contributed by atoms with E-state index < -0.39 is 0 Å². The van der Waals surface area contributed by atoms with Crippen LogP contribution in [0.4, 0.5) is 0 Å². The first-order chi connectivity index (χ1) is 2.41. The molecule has 0 saturated carbocycles. The molecule has 0 heterocycles. The molecular weight excluding hydrogens is 123 g/mol. The van der Waals surface area contributed by atoms with Crippen molar-refractivity contribution in [1.29, 1.82) is 0 Å². The highest BCUT2D eigenvalue weighted by Crippen LogP contribution is 1.83. The Kier molecular flexibility index (Phi) is 5.56. The number of rotatable bonds is 2. The van der Waals surface area contributed by atoms with E-state index in [-0.39, 0.29) is 0 Å². The van der Waals surface area contributed by atoms with Gasteiger partial charge >= 0.3 is 0 Å². The van der Waals surface area contributed by atoms with Gasteiger partial charge in [0.15, 0.2) is 8.83 Å². The summed E-state index contributed by atoms with van der Waals surface area (Å²) in [4.78, 5) is 0. The van der Waals surface area contributed by atoms with Crippen molar-refractivity contribution in [2.45, 2.75) is 6.04 Å². The van der Waals surface area contributed by atoms with Crippen LogP contribution in [0.15, 0.2) is 0 Å². The standard InChI is InChI=1S/C2H4Cl2Si/c3-1-2-5-4/h1-2H2. The molecule has 3 heteroatoms. The van der Waals surface area contributed by atoms with Crippen molar-refractivity contribution < 1.29 is 0 Å². The smallest absolute Gasteiger partial charge is 0.171 e. The Morgan fingerprint density at radius 1 is 1.60 bits per heavy atom. The largest absolute Gasteiger partial charge is 0.173 e. The molecule has 0 aliphatic rings. The van der Waals surface area contributed by atoms with Gasteiger partial charge in [-0.2, -0.15) is 11.1 Å². The average molecular weight is 127 g/mol. The fourth-order valence-corrected chi connectivity index (χ4v) is 0.964. The summed E-state index contributed by atoms with van der Waals surface area (Å²) in [6.45, 7) is 0. The molecule has 0 amide bonds. The third-order valence-corrected chi connectivity index (χ3v) is 1.70. The van der Waals surface area contributed by atoms with Gasteiger partial charge in [-0.15, -0.1) is 11.6 Å². The molecule has 0 atom stereocenters. The molecule has 0 nitrogen and oxygen atoms in total. The van der Waals surface area contributed by atoms with Crippen molar-refractivity contribution in [2.75, 3.05) is 5.88 Å². The quantitative estimate of drug-likeness (QED) is 0.299. The van der Waals surface area contributed by atoms with Gasteiger partial charge in [0.2, 0.25) is 0 Å². The molecule has 0 N–H and O–H groups in total. The monoisotopic (exact) mass is 126 g/mol. The van der Waals surface area contributed by atoms with E-state index in [0.717, 1.165) is 6.04 Å². The van der Waals surface area contributed by atoms with E-state index in [9.17, 15) is 0 Å². The molecule has 0 aliphatic carbocycles. The third-order valence-electron chi connectivity index (χ3n) is 0.189. The van der Waals surface area contributed by atoms with Gasteiger partial charge in [-0.3, -0.25) is 0 Å². The van der Waals surface area contributed by atoms with Crippen molar-refractivity contribution in [1.82, 2.24) is 0 Å². The Labute approximate surface area is 44.0 Å². The fraction of sp³-hybridized carbons (Fsp3) is 1.00. The number of halogens is 2. The maximum atomic E-state index is 5.24. The molecule has 0 aliphatic heterocycles.